The molecule has 0 heterocycles. The van der Waals surface area contributed by atoms with Gasteiger partial charge < -0.3 is 15.1 Å². The SMILES string of the molecule is CC(C)(C)N(C(=O)O)[C@H]1CCC[C@H]1CO. The van der Waals surface area contributed by atoms with Gasteiger partial charge in [0.2, 0.25) is 0 Å². The Morgan fingerprint density at radius 2 is 2.00 bits per heavy atom. The van der Waals surface area contributed by atoms with Crippen molar-refractivity contribution in [3.63, 3.8) is 0 Å². The van der Waals surface area contributed by atoms with Crippen LogP contribution in [0.4, 0.5) is 4.79 Å². The first-order chi connectivity index (χ1) is 6.88. The zero-order valence-electron chi connectivity index (χ0n) is 9.73. The summed E-state index contributed by atoms with van der Waals surface area (Å²) in [7, 11) is 0. The summed E-state index contributed by atoms with van der Waals surface area (Å²) in [6.07, 6.45) is 1.93. The average molecular weight is 215 g/mol. The van der Waals surface area contributed by atoms with E-state index in [2.05, 4.69) is 0 Å². The van der Waals surface area contributed by atoms with Gasteiger partial charge in [0.05, 0.1) is 0 Å². The van der Waals surface area contributed by atoms with Crippen molar-refractivity contribution in [2.75, 3.05) is 6.61 Å². The average Bonchev–Trinajstić information content (AvgIpc) is 2.48. The molecule has 1 aliphatic rings. The van der Waals surface area contributed by atoms with Crippen LogP contribution < -0.4 is 0 Å². The fourth-order valence-corrected chi connectivity index (χ4v) is 2.50. The summed E-state index contributed by atoms with van der Waals surface area (Å²) >= 11 is 0. The van der Waals surface area contributed by atoms with Crippen LogP contribution in [0.25, 0.3) is 0 Å². The number of aliphatic hydroxyl groups excluding tert-OH is 1. The third kappa shape index (κ3) is 2.62. The van der Waals surface area contributed by atoms with Crippen molar-refractivity contribution in [1.29, 1.82) is 0 Å². The Hall–Kier alpha value is -0.770. The van der Waals surface area contributed by atoms with Crippen LogP contribution in [-0.2, 0) is 0 Å². The van der Waals surface area contributed by atoms with E-state index in [1.54, 1.807) is 0 Å². The van der Waals surface area contributed by atoms with Crippen molar-refractivity contribution in [2.45, 2.75) is 51.6 Å². The Morgan fingerprint density at radius 1 is 1.40 bits per heavy atom. The maximum absolute atomic E-state index is 11.2. The molecule has 0 aromatic rings. The minimum atomic E-state index is -0.882. The number of amides is 1. The molecule has 0 aliphatic heterocycles. The van der Waals surface area contributed by atoms with E-state index < -0.39 is 11.6 Å². The second kappa shape index (κ2) is 4.39. The fourth-order valence-electron chi connectivity index (χ4n) is 2.50. The molecule has 0 saturated heterocycles. The van der Waals surface area contributed by atoms with Crippen LogP contribution in [0.1, 0.15) is 40.0 Å². The van der Waals surface area contributed by atoms with Gasteiger partial charge in [-0.15, -0.1) is 0 Å². The lowest BCUT2D eigenvalue weighted by Crippen LogP contribution is -2.52. The van der Waals surface area contributed by atoms with Crippen molar-refractivity contribution >= 4 is 6.09 Å². The molecule has 15 heavy (non-hydrogen) atoms. The molecule has 1 aliphatic carbocycles. The molecule has 2 N–H and O–H groups in total. The molecule has 0 aromatic heterocycles. The van der Waals surface area contributed by atoms with Crippen LogP contribution in [0.5, 0.6) is 0 Å². The number of hydrogen-bond acceptors (Lipinski definition) is 2. The molecule has 0 radical (unpaired) electrons. The monoisotopic (exact) mass is 215 g/mol. The van der Waals surface area contributed by atoms with E-state index in [9.17, 15) is 15.0 Å². The fraction of sp³-hybridized carbons (Fsp3) is 0.909. The molecule has 0 bridgehead atoms. The maximum atomic E-state index is 11.2. The number of rotatable bonds is 2. The van der Waals surface area contributed by atoms with Gasteiger partial charge in [0.25, 0.3) is 0 Å². The van der Waals surface area contributed by atoms with E-state index >= 15 is 0 Å². The van der Waals surface area contributed by atoms with Gasteiger partial charge in [-0.05, 0) is 33.6 Å². The molecule has 1 rings (SSSR count). The van der Waals surface area contributed by atoms with E-state index in [-0.39, 0.29) is 18.6 Å². The normalized spacial score (nSPS) is 26.7. The quantitative estimate of drug-likeness (QED) is 0.740. The van der Waals surface area contributed by atoms with E-state index in [1.165, 1.54) is 4.90 Å². The highest BCUT2D eigenvalue weighted by Crippen LogP contribution is 2.33. The number of nitrogens with zero attached hydrogens (tertiary/aromatic N) is 1. The van der Waals surface area contributed by atoms with Gasteiger partial charge in [0.15, 0.2) is 0 Å². The predicted octanol–water partition coefficient (Wildman–Crippen LogP) is 1.93. The Kier molecular flexibility index (Phi) is 3.60. The molecule has 0 aromatic carbocycles. The topological polar surface area (TPSA) is 60.8 Å². The van der Waals surface area contributed by atoms with Crippen molar-refractivity contribution in [2.24, 2.45) is 5.92 Å². The van der Waals surface area contributed by atoms with Crippen LogP contribution >= 0.6 is 0 Å². The summed E-state index contributed by atoms with van der Waals surface area (Å²) < 4.78 is 0. The zero-order chi connectivity index (χ0) is 11.6. The number of carboxylic acid groups (broad SMARTS) is 1. The first-order valence-corrected chi connectivity index (χ1v) is 5.51. The number of carbonyl (C=O) groups is 1. The summed E-state index contributed by atoms with van der Waals surface area (Å²) in [5, 5.41) is 18.4. The van der Waals surface area contributed by atoms with Gasteiger partial charge in [-0.2, -0.15) is 0 Å². The van der Waals surface area contributed by atoms with E-state index in [0.29, 0.717) is 0 Å². The first kappa shape index (κ1) is 12.3. The molecule has 0 unspecified atom stereocenters. The Morgan fingerprint density at radius 3 is 2.40 bits per heavy atom. The highest BCUT2D eigenvalue weighted by atomic mass is 16.4. The van der Waals surface area contributed by atoms with Gasteiger partial charge in [0.1, 0.15) is 0 Å². The second-order valence-corrected chi connectivity index (χ2v) is 5.26. The Labute approximate surface area is 90.9 Å². The lowest BCUT2D eigenvalue weighted by molar-refractivity contribution is 0.0451. The summed E-state index contributed by atoms with van der Waals surface area (Å²) in [4.78, 5) is 12.7. The highest BCUT2D eigenvalue weighted by molar-refractivity contribution is 5.66. The molecule has 1 amide bonds. The molecule has 1 saturated carbocycles. The highest BCUT2D eigenvalue weighted by Gasteiger charge is 2.39. The van der Waals surface area contributed by atoms with Crippen molar-refractivity contribution < 1.29 is 15.0 Å². The zero-order valence-corrected chi connectivity index (χ0v) is 9.73. The smallest absolute Gasteiger partial charge is 0.407 e. The van der Waals surface area contributed by atoms with Gasteiger partial charge in [-0.1, -0.05) is 6.42 Å². The molecule has 0 spiro atoms. The van der Waals surface area contributed by atoms with Crippen molar-refractivity contribution in [3.8, 4) is 0 Å². The van der Waals surface area contributed by atoms with Gasteiger partial charge >= 0.3 is 6.09 Å². The summed E-state index contributed by atoms with van der Waals surface area (Å²) in [5.41, 5.74) is -0.395. The molecule has 4 nitrogen and oxygen atoms in total. The molecule has 88 valence electrons. The largest absolute Gasteiger partial charge is 0.465 e. The maximum Gasteiger partial charge on any atom is 0.407 e. The molecule has 1 fully saturated rings. The van der Waals surface area contributed by atoms with Crippen molar-refractivity contribution in [3.05, 3.63) is 0 Å². The lowest BCUT2D eigenvalue weighted by Gasteiger charge is -2.40. The number of aliphatic hydroxyl groups is 1. The molecular weight excluding hydrogens is 194 g/mol. The van der Waals surface area contributed by atoms with Crippen LogP contribution in [0.2, 0.25) is 0 Å². The predicted molar refractivity (Wildman–Crippen MR) is 57.8 cm³/mol. The third-order valence-corrected chi connectivity index (χ3v) is 3.11. The molecule has 2 atom stereocenters. The van der Waals surface area contributed by atoms with Gasteiger partial charge in [-0.25, -0.2) is 4.79 Å². The van der Waals surface area contributed by atoms with Crippen molar-refractivity contribution in [1.82, 2.24) is 4.90 Å². The number of hydrogen-bond donors (Lipinski definition) is 2. The van der Waals surface area contributed by atoms with Gasteiger partial charge in [0, 0.05) is 24.1 Å². The van der Waals surface area contributed by atoms with Crippen LogP contribution in [0.15, 0.2) is 0 Å². The Balaban J connectivity index is 2.85. The minimum absolute atomic E-state index is 0.0208. The van der Waals surface area contributed by atoms with E-state index in [0.717, 1.165) is 19.3 Å². The van der Waals surface area contributed by atoms with E-state index in [4.69, 9.17) is 0 Å². The van der Waals surface area contributed by atoms with Crippen LogP contribution in [0.3, 0.4) is 0 Å². The third-order valence-electron chi connectivity index (χ3n) is 3.11. The molecular formula is C11H21NO3. The summed E-state index contributed by atoms with van der Waals surface area (Å²) in [5.74, 6) is 0.111. The lowest BCUT2D eigenvalue weighted by atomic mass is 9.97. The summed E-state index contributed by atoms with van der Waals surface area (Å²) in [6.45, 7) is 5.78. The second-order valence-electron chi connectivity index (χ2n) is 5.26. The molecule has 4 heteroatoms. The first-order valence-electron chi connectivity index (χ1n) is 5.51. The van der Waals surface area contributed by atoms with Gasteiger partial charge in [-0.3, -0.25) is 0 Å². The van der Waals surface area contributed by atoms with Crippen LogP contribution in [-0.4, -0.2) is 39.4 Å². The van der Waals surface area contributed by atoms with E-state index in [1.807, 2.05) is 20.8 Å². The Bertz CT molecular complexity index is 234. The standard InChI is InChI=1S/C11H21NO3/c1-11(2,3)12(10(14)15)9-6-4-5-8(9)7-13/h8-9,13H,4-7H2,1-3H3,(H,14,15)/t8-,9-/m0/s1. The summed E-state index contributed by atoms with van der Waals surface area (Å²) in [6, 6.07) is -0.0208. The minimum Gasteiger partial charge on any atom is -0.465 e. The van der Waals surface area contributed by atoms with Crippen LogP contribution in [0, 0.1) is 5.92 Å².